The number of anilines is 1. The first-order valence-corrected chi connectivity index (χ1v) is 8.60. The van der Waals surface area contributed by atoms with Gasteiger partial charge in [0.15, 0.2) is 0 Å². The van der Waals surface area contributed by atoms with Crippen LogP contribution in [0.15, 0.2) is 48.5 Å². The normalized spacial score (nSPS) is 14.4. The highest BCUT2D eigenvalue weighted by Gasteiger charge is 2.44. The number of hydrogen-bond donors (Lipinski definition) is 2. The van der Waals surface area contributed by atoms with E-state index in [2.05, 4.69) is 10.6 Å². The molecule has 5 nitrogen and oxygen atoms in total. The van der Waals surface area contributed by atoms with Gasteiger partial charge in [0.2, 0.25) is 0 Å². The summed E-state index contributed by atoms with van der Waals surface area (Å²) in [6.45, 7) is 2.80. The maximum Gasteiger partial charge on any atom is 0.313 e. The number of hydrogen-bond acceptors (Lipinski definition) is 3. The largest absolute Gasteiger partial charge is 0.494 e. The van der Waals surface area contributed by atoms with Crippen LogP contribution in [0.2, 0.25) is 0 Å². The van der Waals surface area contributed by atoms with Gasteiger partial charge < -0.3 is 15.4 Å². The van der Waals surface area contributed by atoms with E-state index in [4.69, 9.17) is 4.74 Å². The van der Waals surface area contributed by atoms with Gasteiger partial charge in [0.05, 0.1) is 6.61 Å². The Balaban J connectivity index is 1.53. The first-order chi connectivity index (χ1) is 12.5. The van der Waals surface area contributed by atoms with Crippen molar-refractivity contribution in [3.8, 4) is 5.75 Å². The van der Waals surface area contributed by atoms with Crippen LogP contribution in [-0.4, -0.2) is 25.0 Å². The summed E-state index contributed by atoms with van der Waals surface area (Å²) in [5.41, 5.74) is 1.31. The quantitative estimate of drug-likeness (QED) is 0.782. The van der Waals surface area contributed by atoms with Gasteiger partial charge in [0.25, 0.3) is 0 Å². The molecule has 3 rings (SSSR count). The molecule has 0 heterocycles. The van der Waals surface area contributed by atoms with Gasteiger partial charge in [-0.15, -0.1) is 0 Å². The number of carbonyl (C=O) groups excluding carboxylic acids is 2. The summed E-state index contributed by atoms with van der Waals surface area (Å²) < 4.78 is 18.4. The zero-order valence-electron chi connectivity index (χ0n) is 14.5. The van der Waals surface area contributed by atoms with Crippen LogP contribution in [0.5, 0.6) is 5.75 Å². The molecule has 0 radical (unpaired) electrons. The van der Waals surface area contributed by atoms with Gasteiger partial charge in [0, 0.05) is 17.6 Å². The van der Waals surface area contributed by atoms with E-state index in [0.29, 0.717) is 24.6 Å². The van der Waals surface area contributed by atoms with Crippen molar-refractivity contribution in [2.75, 3.05) is 18.5 Å². The van der Waals surface area contributed by atoms with Gasteiger partial charge in [-0.25, -0.2) is 4.39 Å². The van der Waals surface area contributed by atoms with E-state index >= 15 is 0 Å². The standard InChI is InChI=1S/C20H21FN2O3/c1-2-26-17-9-7-16(8-10-17)23-19(25)18(24)22-13-20(11-12-20)14-3-5-15(21)6-4-14/h3-10H,2,11-13H2,1H3,(H,22,24)(H,23,25). The average Bonchev–Trinajstić information content (AvgIpc) is 3.43. The minimum absolute atomic E-state index is 0.192. The van der Waals surface area contributed by atoms with Crippen LogP contribution in [0, 0.1) is 5.82 Å². The van der Waals surface area contributed by atoms with E-state index < -0.39 is 11.8 Å². The maximum absolute atomic E-state index is 13.1. The van der Waals surface area contributed by atoms with Crippen molar-refractivity contribution in [2.45, 2.75) is 25.2 Å². The lowest BCUT2D eigenvalue weighted by Crippen LogP contribution is -2.39. The summed E-state index contributed by atoms with van der Waals surface area (Å²) in [4.78, 5) is 24.1. The van der Waals surface area contributed by atoms with Gasteiger partial charge in [-0.3, -0.25) is 9.59 Å². The molecule has 0 aromatic heterocycles. The average molecular weight is 356 g/mol. The minimum Gasteiger partial charge on any atom is -0.494 e. The van der Waals surface area contributed by atoms with E-state index in [-0.39, 0.29) is 11.2 Å². The molecule has 0 atom stereocenters. The Kier molecular flexibility index (Phi) is 5.21. The van der Waals surface area contributed by atoms with Crippen molar-refractivity contribution in [1.82, 2.24) is 5.32 Å². The third kappa shape index (κ3) is 4.20. The Labute approximate surface area is 151 Å². The monoisotopic (exact) mass is 356 g/mol. The molecule has 0 saturated heterocycles. The number of halogens is 1. The number of benzene rings is 2. The Bertz CT molecular complexity index is 784. The molecular weight excluding hydrogens is 335 g/mol. The highest BCUT2D eigenvalue weighted by Crippen LogP contribution is 2.47. The van der Waals surface area contributed by atoms with Crippen LogP contribution < -0.4 is 15.4 Å². The smallest absolute Gasteiger partial charge is 0.313 e. The van der Waals surface area contributed by atoms with Gasteiger partial charge in [-0.1, -0.05) is 12.1 Å². The highest BCUT2D eigenvalue weighted by atomic mass is 19.1. The van der Waals surface area contributed by atoms with Gasteiger partial charge >= 0.3 is 11.8 Å². The van der Waals surface area contributed by atoms with Gasteiger partial charge in [-0.2, -0.15) is 0 Å². The van der Waals surface area contributed by atoms with E-state index in [1.807, 2.05) is 6.92 Å². The number of rotatable bonds is 6. The Morgan fingerprint density at radius 1 is 1.04 bits per heavy atom. The molecule has 0 unspecified atom stereocenters. The fourth-order valence-corrected chi connectivity index (χ4v) is 2.84. The number of carbonyl (C=O) groups is 2. The topological polar surface area (TPSA) is 67.4 Å². The van der Waals surface area contributed by atoms with Crippen molar-refractivity contribution in [2.24, 2.45) is 0 Å². The molecule has 1 aliphatic carbocycles. The molecule has 0 bridgehead atoms. The molecule has 136 valence electrons. The van der Waals surface area contributed by atoms with Crippen LogP contribution in [0.1, 0.15) is 25.3 Å². The van der Waals surface area contributed by atoms with Crippen molar-refractivity contribution in [1.29, 1.82) is 0 Å². The second-order valence-electron chi connectivity index (χ2n) is 6.38. The lowest BCUT2D eigenvalue weighted by atomic mass is 9.96. The second kappa shape index (κ2) is 7.56. The van der Waals surface area contributed by atoms with Crippen LogP contribution in [0.25, 0.3) is 0 Å². The second-order valence-corrected chi connectivity index (χ2v) is 6.38. The first-order valence-electron chi connectivity index (χ1n) is 8.60. The molecule has 26 heavy (non-hydrogen) atoms. The van der Waals surface area contributed by atoms with Gasteiger partial charge in [-0.05, 0) is 61.7 Å². The summed E-state index contributed by atoms with van der Waals surface area (Å²) >= 11 is 0. The molecule has 1 fully saturated rings. The van der Waals surface area contributed by atoms with Crippen LogP contribution in [0.3, 0.4) is 0 Å². The Hall–Kier alpha value is -2.89. The molecule has 0 spiro atoms. The predicted molar refractivity (Wildman–Crippen MR) is 96.6 cm³/mol. The van der Waals surface area contributed by atoms with Crippen molar-refractivity contribution < 1.29 is 18.7 Å². The lowest BCUT2D eigenvalue weighted by Gasteiger charge is -2.16. The molecule has 6 heteroatoms. The number of nitrogens with one attached hydrogen (secondary N) is 2. The van der Waals surface area contributed by atoms with Crippen LogP contribution in [0.4, 0.5) is 10.1 Å². The fraction of sp³-hybridized carbons (Fsp3) is 0.300. The van der Waals surface area contributed by atoms with Crippen LogP contribution >= 0.6 is 0 Å². The molecule has 2 amide bonds. The van der Waals surface area contributed by atoms with Crippen molar-refractivity contribution in [3.05, 3.63) is 59.9 Å². The van der Waals surface area contributed by atoms with E-state index in [9.17, 15) is 14.0 Å². The summed E-state index contributed by atoms with van der Waals surface area (Å²) in [5, 5.41) is 5.24. The molecule has 2 aromatic carbocycles. The third-order valence-corrected chi connectivity index (χ3v) is 4.53. The van der Waals surface area contributed by atoms with E-state index in [1.165, 1.54) is 12.1 Å². The predicted octanol–water partition coefficient (Wildman–Crippen LogP) is 3.01. The molecular formula is C20H21FN2O3. The fourth-order valence-electron chi connectivity index (χ4n) is 2.84. The van der Waals surface area contributed by atoms with E-state index in [1.54, 1.807) is 36.4 Å². The summed E-state index contributed by atoms with van der Waals surface area (Å²) in [7, 11) is 0. The van der Waals surface area contributed by atoms with Crippen LogP contribution in [-0.2, 0) is 15.0 Å². The summed E-state index contributed by atoms with van der Waals surface area (Å²) in [6, 6.07) is 13.1. The summed E-state index contributed by atoms with van der Waals surface area (Å²) in [6.07, 6.45) is 1.80. The van der Waals surface area contributed by atoms with Crippen molar-refractivity contribution >= 4 is 17.5 Å². The Morgan fingerprint density at radius 3 is 2.27 bits per heavy atom. The summed E-state index contributed by atoms with van der Waals surface area (Å²) in [5.74, 6) is -0.996. The zero-order chi connectivity index (χ0) is 18.6. The molecule has 2 aromatic rings. The molecule has 1 aliphatic rings. The number of amides is 2. The molecule has 1 saturated carbocycles. The third-order valence-electron chi connectivity index (χ3n) is 4.53. The van der Waals surface area contributed by atoms with Crippen molar-refractivity contribution in [3.63, 3.8) is 0 Å². The lowest BCUT2D eigenvalue weighted by molar-refractivity contribution is -0.136. The first kappa shape index (κ1) is 17.9. The minimum atomic E-state index is -0.718. The molecule has 2 N–H and O–H groups in total. The zero-order valence-corrected chi connectivity index (χ0v) is 14.5. The highest BCUT2D eigenvalue weighted by molar-refractivity contribution is 6.39. The van der Waals surface area contributed by atoms with E-state index in [0.717, 1.165) is 18.4 Å². The molecule has 0 aliphatic heterocycles. The number of ether oxygens (including phenoxy) is 1. The Morgan fingerprint density at radius 2 is 1.69 bits per heavy atom. The maximum atomic E-state index is 13.1. The SMILES string of the molecule is CCOc1ccc(NC(=O)C(=O)NCC2(c3ccc(F)cc3)CC2)cc1. The van der Waals surface area contributed by atoms with Gasteiger partial charge in [0.1, 0.15) is 11.6 Å².